The molecule has 0 radical (unpaired) electrons. The van der Waals surface area contributed by atoms with Crippen molar-refractivity contribution in [3.8, 4) is 11.5 Å². The Bertz CT molecular complexity index is 2920. The molecule has 0 bridgehead atoms. The molecule has 0 aliphatic carbocycles. The van der Waals surface area contributed by atoms with Crippen LogP contribution in [0, 0.1) is 6.92 Å². The van der Waals surface area contributed by atoms with E-state index in [4.69, 9.17) is 14.2 Å². The third-order valence-electron chi connectivity index (χ3n) is 12.2. The number of hydrogen-bond donors (Lipinski definition) is 4. The van der Waals surface area contributed by atoms with Crippen molar-refractivity contribution in [2.45, 2.75) is 32.8 Å². The van der Waals surface area contributed by atoms with Gasteiger partial charge in [-0.05, 0) is 122 Å². The van der Waals surface area contributed by atoms with E-state index >= 15 is 0 Å². The number of thiophene rings is 1. The van der Waals surface area contributed by atoms with Crippen LogP contribution in [0.2, 0.25) is 0 Å². The maximum absolute atomic E-state index is 14.3. The molecule has 2 aliphatic heterocycles. The van der Waals surface area contributed by atoms with Crippen molar-refractivity contribution >= 4 is 84.3 Å². The lowest BCUT2D eigenvalue weighted by molar-refractivity contribution is 0.0982. The minimum atomic E-state index is -0.593. The van der Waals surface area contributed by atoms with Gasteiger partial charge in [0.25, 0.3) is 11.8 Å². The normalized spacial score (nSPS) is 13.6. The Morgan fingerprint density at radius 1 is 0.800 bits per heavy atom. The zero-order valence-corrected chi connectivity index (χ0v) is 37.7. The molecule has 1 fully saturated rings. The highest BCUT2D eigenvalue weighted by molar-refractivity contribution is 7.17. The van der Waals surface area contributed by atoms with Gasteiger partial charge in [-0.2, -0.15) is 0 Å². The molecule has 336 valence electrons. The van der Waals surface area contributed by atoms with Gasteiger partial charge in [0.05, 0.1) is 10.4 Å². The van der Waals surface area contributed by atoms with Gasteiger partial charge in [-0.15, -0.1) is 11.3 Å². The smallest absolute Gasteiger partial charge is 0.415 e. The number of hydrogen-bond acceptors (Lipinski definition) is 10. The van der Waals surface area contributed by atoms with E-state index in [0.29, 0.717) is 48.1 Å². The Labute approximate surface area is 380 Å². The summed E-state index contributed by atoms with van der Waals surface area (Å²) in [4.78, 5) is 67.3. The number of aryl methyl sites for hydroxylation is 1. The van der Waals surface area contributed by atoms with Crippen molar-refractivity contribution in [3.63, 3.8) is 0 Å². The monoisotopic (exact) mass is 896 g/mol. The number of rotatable bonds is 14. The largest absolute Gasteiger partial charge is 0.492 e. The van der Waals surface area contributed by atoms with E-state index < -0.39 is 12.2 Å². The molecule has 0 spiro atoms. The number of carbonyl (C=O) groups excluding carboxylic acids is 4. The molecular weight excluding hydrogens is 845 g/mol. The number of amides is 4. The summed E-state index contributed by atoms with van der Waals surface area (Å²) in [5.74, 6) is 0.616. The molecule has 16 heteroatoms. The number of likely N-dealkylation sites (tertiary alicyclic amines) is 1. The van der Waals surface area contributed by atoms with E-state index in [1.54, 1.807) is 37.2 Å². The van der Waals surface area contributed by atoms with Crippen LogP contribution in [-0.2, 0) is 17.8 Å². The number of carbonyl (C=O) groups is 4. The molecule has 1 saturated heterocycles. The quantitative estimate of drug-likeness (QED) is 0.0835. The van der Waals surface area contributed by atoms with Crippen molar-refractivity contribution < 1.29 is 33.4 Å². The van der Waals surface area contributed by atoms with Gasteiger partial charge in [0.2, 0.25) is 0 Å². The van der Waals surface area contributed by atoms with Crippen molar-refractivity contribution in [1.82, 2.24) is 24.7 Å². The number of aromatic amines is 2. The number of ether oxygens (including phenoxy) is 3. The lowest BCUT2D eigenvalue weighted by atomic mass is 10.0. The zero-order valence-electron chi connectivity index (χ0n) is 36.9. The van der Waals surface area contributed by atoms with Gasteiger partial charge in [0.1, 0.15) is 30.4 Å². The van der Waals surface area contributed by atoms with E-state index in [9.17, 15) is 19.2 Å². The lowest BCUT2D eigenvalue weighted by Crippen LogP contribution is -2.38. The molecule has 0 unspecified atom stereocenters. The average Bonchev–Trinajstić information content (AvgIpc) is 4.18. The van der Waals surface area contributed by atoms with Crippen LogP contribution in [0.4, 0.5) is 26.7 Å². The van der Waals surface area contributed by atoms with Crippen LogP contribution in [0.5, 0.6) is 11.5 Å². The predicted molar refractivity (Wildman–Crippen MR) is 255 cm³/mol. The third kappa shape index (κ3) is 9.31. The fourth-order valence-electron chi connectivity index (χ4n) is 8.50. The number of benzene rings is 4. The van der Waals surface area contributed by atoms with E-state index in [1.165, 1.54) is 34.0 Å². The first kappa shape index (κ1) is 43.2. The summed E-state index contributed by atoms with van der Waals surface area (Å²) >= 11 is 1.49. The molecule has 0 atom stereocenters. The van der Waals surface area contributed by atoms with E-state index in [2.05, 4.69) is 25.5 Å². The molecule has 4 amide bonds. The second-order valence-corrected chi connectivity index (χ2v) is 17.6. The van der Waals surface area contributed by atoms with Crippen molar-refractivity contribution in [2.75, 3.05) is 82.6 Å². The summed E-state index contributed by atoms with van der Waals surface area (Å²) in [6.07, 6.45) is 2.04. The molecule has 65 heavy (non-hydrogen) atoms. The molecule has 5 heterocycles. The number of nitrogens with one attached hydrogen (secondary N) is 4. The molecule has 3 aromatic heterocycles. The topological polar surface area (TPSA) is 165 Å². The van der Waals surface area contributed by atoms with Crippen LogP contribution in [0.15, 0.2) is 84.2 Å². The van der Waals surface area contributed by atoms with Crippen LogP contribution in [0.3, 0.4) is 0 Å². The Morgan fingerprint density at radius 3 is 2.26 bits per heavy atom. The van der Waals surface area contributed by atoms with E-state index in [1.807, 2.05) is 80.0 Å². The number of aromatic nitrogens is 2. The number of fused-ring (bicyclic) bond motifs is 5. The molecule has 0 saturated carbocycles. The van der Waals surface area contributed by atoms with Crippen LogP contribution in [0.1, 0.15) is 50.5 Å². The molecule has 7 aromatic rings. The molecule has 2 aliphatic rings. The molecule has 4 aromatic carbocycles. The number of likely N-dealkylation sites (N-methyl/N-ethyl adjacent to an activating group) is 2. The summed E-state index contributed by atoms with van der Waals surface area (Å²) in [7, 11) is 5.07. The fourth-order valence-corrected chi connectivity index (χ4v) is 9.53. The molecule has 15 nitrogen and oxygen atoms in total. The Kier molecular flexibility index (Phi) is 12.4. The van der Waals surface area contributed by atoms with Crippen LogP contribution in [-0.4, -0.2) is 116 Å². The van der Waals surface area contributed by atoms with Gasteiger partial charge in [-0.3, -0.25) is 14.5 Å². The minimum absolute atomic E-state index is 0.129. The maximum Gasteiger partial charge on any atom is 0.415 e. The number of anilines is 3. The first-order chi connectivity index (χ1) is 31.5. The standard InChI is InChI=1S/C49H52N8O7S/c1-30-29-65-45-43(64-49(61)55(4)20-19-54(3)48(60)63-28-31-7-9-34(50-2)10-8-31)27-42-37(44(30)45)15-18-57(42)47(59)41-26-32-23-35(11-13-38(32)53-41)51-46(58)40-25-33-24-36(12-14-39(33)52-40)62-22-21-56-16-5-6-17-56/h7-14,23-27,29,50,52-53H,5-6,15-22,28H2,1-4H3,(H,51,58). The fraction of sp³-hybridized carbons (Fsp3) is 0.306. The lowest BCUT2D eigenvalue weighted by Gasteiger charge is -2.22. The Hall–Kier alpha value is -7.04. The second-order valence-electron chi connectivity index (χ2n) is 16.7. The highest BCUT2D eigenvalue weighted by atomic mass is 32.1. The minimum Gasteiger partial charge on any atom is -0.492 e. The number of H-pyrrole nitrogens is 2. The van der Waals surface area contributed by atoms with E-state index in [0.717, 1.165) is 79.7 Å². The van der Waals surface area contributed by atoms with Crippen LogP contribution in [0.25, 0.3) is 31.9 Å². The van der Waals surface area contributed by atoms with Gasteiger partial charge < -0.3 is 49.5 Å². The summed E-state index contributed by atoms with van der Waals surface area (Å²) in [5.41, 5.74) is 7.55. The zero-order chi connectivity index (χ0) is 45.2. The number of nitrogens with zero attached hydrogens (tertiary/aromatic N) is 4. The highest BCUT2D eigenvalue weighted by Gasteiger charge is 2.31. The van der Waals surface area contributed by atoms with Crippen molar-refractivity contribution in [1.29, 1.82) is 0 Å². The molecular formula is C49H52N8O7S. The van der Waals surface area contributed by atoms with Crippen LogP contribution >= 0.6 is 11.3 Å². The summed E-state index contributed by atoms with van der Waals surface area (Å²) in [6.45, 7) is 6.80. The summed E-state index contributed by atoms with van der Waals surface area (Å²) < 4.78 is 18.3. The van der Waals surface area contributed by atoms with Gasteiger partial charge >= 0.3 is 12.2 Å². The first-order valence-corrected chi connectivity index (χ1v) is 22.7. The molecule has 9 rings (SSSR count). The van der Waals surface area contributed by atoms with E-state index in [-0.39, 0.29) is 31.5 Å². The van der Waals surface area contributed by atoms with Crippen LogP contribution < -0.4 is 25.0 Å². The average molecular weight is 897 g/mol. The summed E-state index contributed by atoms with van der Waals surface area (Å²) in [6, 6.07) is 24.3. The second kappa shape index (κ2) is 18.6. The Balaban J connectivity index is 0.836. The summed E-state index contributed by atoms with van der Waals surface area (Å²) in [5, 5.41) is 10.7. The van der Waals surface area contributed by atoms with Gasteiger partial charge in [0, 0.05) is 92.0 Å². The first-order valence-electron chi connectivity index (χ1n) is 21.9. The van der Waals surface area contributed by atoms with Gasteiger partial charge in [0.15, 0.2) is 5.75 Å². The molecule has 4 N–H and O–H groups in total. The predicted octanol–water partition coefficient (Wildman–Crippen LogP) is 8.84. The maximum atomic E-state index is 14.3. The van der Waals surface area contributed by atoms with Crippen molar-refractivity contribution in [3.05, 3.63) is 112 Å². The Morgan fingerprint density at radius 2 is 1.49 bits per heavy atom. The highest BCUT2D eigenvalue weighted by Crippen LogP contribution is 2.45. The third-order valence-corrected chi connectivity index (χ3v) is 13.3. The SMILES string of the molecule is CNc1ccc(COC(=O)N(C)CCN(C)C(=O)Oc2cc3c(c4c(C)csc24)CCN3C(=O)c2cc3cc(NC(=O)c4cc5cc(OCCN6CCCC6)ccc5[nH]4)ccc3[nH]2)cc1. The van der Waals surface area contributed by atoms with Gasteiger partial charge in [-0.25, -0.2) is 9.59 Å². The van der Waals surface area contributed by atoms with Gasteiger partial charge in [-0.1, -0.05) is 12.1 Å². The van der Waals surface area contributed by atoms with Crippen molar-refractivity contribution in [2.24, 2.45) is 0 Å².